The van der Waals surface area contributed by atoms with Crippen molar-refractivity contribution in [3.63, 3.8) is 0 Å². The van der Waals surface area contributed by atoms with Crippen molar-refractivity contribution in [3.8, 4) is 6.07 Å². The minimum absolute atomic E-state index is 0.318. The molecule has 2 rings (SSSR count). The molecule has 0 aliphatic carbocycles. The summed E-state index contributed by atoms with van der Waals surface area (Å²) in [5, 5.41) is 7.82. The van der Waals surface area contributed by atoms with Crippen LogP contribution in [0.4, 0.5) is 0 Å². The molecule has 0 heterocycles. The molecule has 0 N–H and O–H groups in total. The normalized spacial score (nSPS) is 8.87. The second kappa shape index (κ2) is 10.6. The van der Waals surface area contributed by atoms with Gasteiger partial charge in [0, 0.05) is 6.42 Å². The van der Waals surface area contributed by atoms with Crippen LogP contribution in [0.25, 0.3) is 0 Å². The van der Waals surface area contributed by atoms with E-state index in [1.807, 2.05) is 13.0 Å². The van der Waals surface area contributed by atoms with Crippen LogP contribution < -0.4 is 0 Å². The van der Waals surface area contributed by atoms with E-state index in [0.29, 0.717) is 17.5 Å². The number of hydrogen-bond donors (Lipinski definition) is 0. The first-order chi connectivity index (χ1) is 11.2. The number of nitriles is 1. The molecule has 0 aromatic heterocycles. The average Bonchev–Trinajstić information content (AvgIpc) is 2.62. The van der Waals surface area contributed by atoms with E-state index < -0.39 is 11.9 Å². The minimum Gasteiger partial charge on any atom is -0.242 e. The Morgan fingerprint density at radius 3 is 1.52 bits per heavy atom. The molecule has 23 heavy (non-hydrogen) atoms. The van der Waals surface area contributed by atoms with Crippen LogP contribution in [0.3, 0.4) is 0 Å². The number of benzene rings is 2. The Labute approximate surface area is 135 Å². The second-order valence-corrected chi connectivity index (χ2v) is 4.38. The fourth-order valence-corrected chi connectivity index (χ4v) is 1.43. The molecule has 0 saturated heterocycles. The van der Waals surface area contributed by atoms with Crippen molar-refractivity contribution in [2.75, 3.05) is 0 Å². The zero-order valence-corrected chi connectivity index (χ0v) is 12.8. The van der Waals surface area contributed by atoms with Crippen molar-refractivity contribution in [3.05, 3.63) is 71.8 Å². The molecule has 0 fully saturated rings. The zero-order valence-electron chi connectivity index (χ0n) is 12.8. The van der Waals surface area contributed by atoms with Gasteiger partial charge < -0.3 is 0 Å². The molecule has 118 valence electrons. The van der Waals surface area contributed by atoms with Crippen molar-refractivity contribution in [2.45, 2.75) is 19.8 Å². The Balaban J connectivity index is 0.000000463. The number of nitrogens with zero attached hydrogens (tertiary/aromatic N) is 1. The fraction of sp³-hybridized carbons (Fsp3) is 0.167. The van der Waals surface area contributed by atoms with Gasteiger partial charge in [0.2, 0.25) is 0 Å². The summed E-state index contributed by atoms with van der Waals surface area (Å²) in [6, 6.07) is 18.6. The Kier molecular flexibility index (Phi) is 8.24. The molecule has 0 radical (unpaired) electrons. The molecule has 2 aromatic carbocycles. The standard InChI is InChI=1S/C14H10O4.C4H7N/c15-13(11-7-3-1-4-8-11)17-18-14(16)12-9-5-2-6-10-12;1-2-3-4-5/h1-10H;2-3H2,1H3. The number of carbonyl (C=O) groups excluding carboxylic acids is 2. The molecule has 0 atom stereocenters. The van der Waals surface area contributed by atoms with Gasteiger partial charge in [-0.2, -0.15) is 5.26 Å². The summed E-state index contributed by atoms with van der Waals surface area (Å²) in [5.74, 6) is -1.42. The van der Waals surface area contributed by atoms with Crippen LogP contribution in [0.5, 0.6) is 0 Å². The molecular formula is C18H17NO4. The van der Waals surface area contributed by atoms with Gasteiger partial charge in [-0.05, 0) is 30.7 Å². The summed E-state index contributed by atoms with van der Waals surface area (Å²) in [4.78, 5) is 31.9. The van der Waals surface area contributed by atoms with E-state index in [1.165, 1.54) is 0 Å². The monoisotopic (exact) mass is 311 g/mol. The van der Waals surface area contributed by atoms with Gasteiger partial charge in [0.25, 0.3) is 0 Å². The van der Waals surface area contributed by atoms with Crippen LogP contribution in [-0.4, -0.2) is 11.9 Å². The van der Waals surface area contributed by atoms with Crippen LogP contribution in [0.1, 0.15) is 40.5 Å². The third kappa shape index (κ3) is 6.91. The van der Waals surface area contributed by atoms with Crippen LogP contribution in [0, 0.1) is 11.3 Å². The van der Waals surface area contributed by atoms with Gasteiger partial charge in [0.05, 0.1) is 17.2 Å². The smallest absolute Gasteiger partial charge is 0.242 e. The van der Waals surface area contributed by atoms with E-state index in [1.54, 1.807) is 60.7 Å². The number of unbranched alkanes of at least 4 members (excludes halogenated alkanes) is 1. The molecule has 2 aromatic rings. The summed E-state index contributed by atoms with van der Waals surface area (Å²) in [6.45, 7) is 1.99. The summed E-state index contributed by atoms with van der Waals surface area (Å²) >= 11 is 0. The van der Waals surface area contributed by atoms with E-state index >= 15 is 0 Å². The quantitative estimate of drug-likeness (QED) is 0.634. The second-order valence-electron chi connectivity index (χ2n) is 4.38. The lowest BCUT2D eigenvalue weighted by Crippen LogP contribution is -2.11. The highest BCUT2D eigenvalue weighted by Gasteiger charge is 2.12. The molecule has 0 aliphatic heterocycles. The first kappa shape index (κ1) is 17.9. The SMILES string of the molecule is CCCC#N.O=C(OOC(=O)c1ccccc1)c1ccccc1. The maximum atomic E-state index is 11.5. The van der Waals surface area contributed by atoms with Gasteiger partial charge in [-0.3, -0.25) is 0 Å². The van der Waals surface area contributed by atoms with Gasteiger partial charge in [-0.15, -0.1) is 0 Å². The first-order valence-corrected chi connectivity index (χ1v) is 7.09. The van der Waals surface area contributed by atoms with Crippen LogP contribution in [-0.2, 0) is 9.78 Å². The lowest BCUT2D eigenvalue weighted by Gasteiger charge is -2.02. The summed E-state index contributed by atoms with van der Waals surface area (Å²) in [7, 11) is 0. The Morgan fingerprint density at radius 2 is 1.26 bits per heavy atom. The van der Waals surface area contributed by atoms with Gasteiger partial charge in [-0.1, -0.05) is 43.3 Å². The molecule has 0 amide bonds. The Bertz CT molecular complexity index is 596. The van der Waals surface area contributed by atoms with Crippen molar-refractivity contribution in [1.82, 2.24) is 0 Å². The lowest BCUT2D eigenvalue weighted by atomic mass is 10.2. The maximum absolute atomic E-state index is 11.5. The molecular weight excluding hydrogens is 294 g/mol. The molecule has 0 unspecified atom stereocenters. The van der Waals surface area contributed by atoms with Gasteiger partial charge in [-0.25, -0.2) is 19.4 Å². The Hall–Kier alpha value is -3.13. The predicted octanol–water partition coefficient (Wildman–Crippen LogP) is 3.93. The van der Waals surface area contributed by atoms with Crippen molar-refractivity contribution >= 4 is 11.9 Å². The van der Waals surface area contributed by atoms with E-state index in [-0.39, 0.29) is 0 Å². The van der Waals surface area contributed by atoms with Gasteiger partial charge in [0.15, 0.2) is 0 Å². The van der Waals surface area contributed by atoms with E-state index in [0.717, 1.165) is 6.42 Å². The highest BCUT2D eigenvalue weighted by molar-refractivity contribution is 5.92. The van der Waals surface area contributed by atoms with E-state index in [4.69, 9.17) is 5.26 Å². The van der Waals surface area contributed by atoms with Crippen molar-refractivity contribution < 1.29 is 19.4 Å². The zero-order chi connectivity index (χ0) is 16.9. The summed E-state index contributed by atoms with van der Waals surface area (Å²) in [6.07, 6.45) is 1.68. The van der Waals surface area contributed by atoms with Gasteiger partial charge >= 0.3 is 11.9 Å². The van der Waals surface area contributed by atoms with E-state index in [9.17, 15) is 9.59 Å². The molecule has 0 aliphatic rings. The summed E-state index contributed by atoms with van der Waals surface area (Å²) in [5.41, 5.74) is 0.636. The maximum Gasteiger partial charge on any atom is 0.386 e. The number of rotatable bonds is 3. The van der Waals surface area contributed by atoms with E-state index in [2.05, 4.69) is 9.78 Å². The molecule has 0 bridgehead atoms. The van der Waals surface area contributed by atoms with Crippen LogP contribution in [0.2, 0.25) is 0 Å². The molecule has 5 heteroatoms. The topological polar surface area (TPSA) is 76.4 Å². The summed E-state index contributed by atoms with van der Waals surface area (Å²) < 4.78 is 0. The van der Waals surface area contributed by atoms with Crippen molar-refractivity contribution in [1.29, 1.82) is 5.26 Å². The lowest BCUT2D eigenvalue weighted by molar-refractivity contribution is -0.187. The fourth-order valence-electron chi connectivity index (χ4n) is 1.43. The minimum atomic E-state index is -0.708. The highest BCUT2D eigenvalue weighted by atomic mass is 17.2. The first-order valence-electron chi connectivity index (χ1n) is 7.09. The average molecular weight is 311 g/mol. The molecule has 0 saturated carbocycles. The third-order valence-corrected chi connectivity index (χ3v) is 2.57. The highest BCUT2D eigenvalue weighted by Crippen LogP contribution is 2.05. The predicted molar refractivity (Wildman–Crippen MR) is 84.2 cm³/mol. The van der Waals surface area contributed by atoms with Crippen molar-refractivity contribution in [2.24, 2.45) is 0 Å². The van der Waals surface area contributed by atoms with Crippen LogP contribution in [0.15, 0.2) is 60.7 Å². The van der Waals surface area contributed by atoms with Crippen LogP contribution >= 0.6 is 0 Å². The number of hydrogen-bond acceptors (Lipinski definition) is 5. The molecule has 0 spiro atoms. The third-order valence-electron chi connectivity index (χ3n) is 2.57. The van der Waals surface area contributed by atoms with Gasteiger partial charge in [0.1, 0.15) is 0 Å². The largest absolute Gasteiger partial charge is 0.386 e. The number of carbonyl (C=O) groups is 2. The molecule has 5 nitrogen and oxygen atoms in total. The Morgan fingerprint density at radius 1 is 0.870 bits per heavy atom.